The Kier molecular flexibility index (Phi) is 6.47. The molecule has 0 radical (unpaired) electrons. The molecule has 0 aromatic heterocycles. The van der Waals surface area contributed by atoms with Crippen molar-refractivity contribution >= 4 is 23.4 Å². The van der Waals surface area contributed by atoms with Gasteiger partial charge in [-0.25, -0.2) is 0 Å². The van der Waals surface area contributed by atoms with Crippen molar-refractivity contribution in [2.45, 2.75) is 82.8 Å². The quantitative estimate of drug-likeness (QED) is 0.728. The number of ether oxygens (including phenoxy) is 1. The molecule has 6 nitrogen and oxygen atoms in total. The number of hydrogen-bond acceptors (Lipinski definition) is 4. The molecule has 1 saturated carbocycles. The molecule has 1 N–H and O–H groups in total. The van der Waals surface area contributed by atoms with Gasteiger partial charge in [-0.2, -0.15) is 0 Å². The van der Waals surface area contributed by atoms with E-state index in [0.717, 1.165) is 55.4 Å². The Balaban J connectivity index is 1.38. The van der Waals surface area contributed by atoms with Crippen LogP contribution in [0.1, 0.15) is 75.8 Å². The number of benzene rings is 1. The molecule has 176 valence electrons. The van der Waals surface area contributed by atoms with Crippen molar-refractivity contribution < 1.29 is 14.3 Å². The molecule has 0 atom stereocenters. The molecule has 2 saturated heterocycles. The van der Waals surface area contributed by atoms with Crippen LogP contribution < -0.4 is 10.1 Å². The summed E-state index contributed by atoms with van der Waals surface area (Å²) in [6.07, 6.45) is 6.80. The minimum absolute atomic E-state index is 0.0125. The van der Waals surface area contributed by atoms with Gasteiger partial charge in [-0.3, -0.25) is 14.5 Å². The molecular formula is C25H36ClN3O3. The number of carbonyl (C=O) groups excluding carboxylic acids is 2. The fraction of sp³-hybridized carbons (Fsp3) is 0.680. The second-order valence-corrected chi connectivity index (χ2v) is 10.5. The highest BCUT2D eigenvalue weighted by Crippen LogP contribution is 2.44. The Hall–Kier alpha value is -1.79. The van der Waals surface area contributed by atoms with E-state index in [1.165, 1.54) is 6.42 Å². The first-order valence-corrected chi connectivity index (χ1v) is 12.3. The lowest BCUT2D eigenvalue weighted by Crippen LogP contribution is -2.60. The maximum absolute atomic E-state index is 13.0. The van der Waals surface area contributed by atoms with Crippen LogP contribution in [-0.2, 0) is 9.59 Å². The smallest absolute Gasteiger partial charge is 0.260 e. The minimum atomic E-state index is -0.354. The van der Waals surface area contributed by atoms with Gasteiger partial charge >= 0.3 is 0 Å². The average molecular weight is 462 g/mol. The molecule has 32 heavy (non-hydrogen) atoms. The molecule has 0 unspecified atom stereocenters. The highest BCUT2D eigenvalue weighted by molar-refractivity contribution is 6.31. The largest absolute Gasteiger partial charge is 0.483 e. The number of halogens is 1. The third kappa shape index (κ3) is 4.01. The molecule has 2 amide bonds. The van der Waals surface area contributed by atoms with Crippen molar-refractivity contribution in [3.05, 3.63) is 28.3 Å². The maximum Gasteiger partial charge on any atom is 0.260 e. The average Bonchev–Trinajstić information content (AvgIpc) is 2.96. The number of nitrogens with one attached hydrogen (secondary N) is 1. The summed E-state index contributed by atoms with van der Waals surface area (Å²) in [7, 11) is 2.10. The molecule has 1 aromatic carbocycles. The van der Waals surface area contributed by atoms with Crippen molar-refractivity contribution in [1.29, 1.82) is 0 Å². The summed E-state index contributed by atoms with van der Waals surface area (Å²) in [5, 5.41) is 4.05. The summed E-state index contributed by atoms with van der Waals surface area (Å²) in [5.74, 6) is 1.15. The Bertz CT molecular complexity index is 887. The zero-order chi connectivity index (χ0) is 23.1. The van der Waals surface area contributed by atoms with E-state index in [1.807, 2.05) is 24.0 Å². The Morgan fingerprint density at radius 3 is 2.44 bits per heavy atom. The van der Waals surface area contributed by atoms with Crippen LogP contribution in [0.5, 0.6) is 5.75 Å². The first-order valence-electron chi connectivity index (χ1n) is 12.0. The lowest BCUT2D eigenvalue weighted by molar-refractivity contribution is -0.136. The van der Waals surface area contributed by atoms with E-state index in [1.54, 1.807) is 0 Å². The molecule has 2 spiro atoms. The summed E-state index contributed by atoms with van der Waals surface area (Å²) >= 11 is 6.29. The molecule has 7 heteroatoms. The summed E-state index contributed by atoms with van der Waals surface area (Å²) in [5.41, 5.74) is 1.27. The monoisotopic (exact) mass is 461 g/mol. The number of piperidine rings is 1. The van der Waals surface area contributed by atoms with Crippen LogP contribution in [0.25, 0.3) is 0 Å². The van der Waals surface area contributed by atoms with E-state index in [4.69, 9.17) is 16.3 Å². The van der Waals surface area contributed by atoms with Crippen LogP contribution in [0.3, 0.4) is 0 Å². The van der Waals surface area contributed by atoms with Crippen LogP contribution >= 0.6 is 11.6 Å². The number of likely N-dealkylation sites (tertiary alicyclic amines) is 1. The maximum atomic E-state index is 13.0. The number of amides is 2. The van der Waals surface area contributed by atoms with Crippen molar-refractivity contribution in [2.24, 2.45) is 0 Å². The van der Waals surface area contributed by atoms with Crippen molar-refractivity contribution in [3.63, 3.8) is 0 Å². The number of nitrogens with zero attached hydrogens (tertiary/aromatic N) is 2. The number of rotatable bonds is 4. The first kappa shape index (κ1) is 23.4. The Morgan fingerprint density at radius 2 is 1.81 bits per heavy atom. The summed E-state index contributed by atoms with van der Waals surface area (Å²) in [6.45, 7) is 7.38. The molecule has 3 aliphatic rings. The van der Waals surface area contributed by atoms with Gasteiger partial charge in [0.25, 0.3) is 5.91 Å². The van der Waals surface area contributed by atoms with E-state index in [-0.39, 0.29) is 35.5 Å². The second kappa shape index (κ2) is 8.86. The van der Waals surface area contributed by atoms with Gasteiger partial charge < -0.3 is 15.0 Å². The first-order chi connectivity index (χ1) is 15.2. The van der Waals surface area contributed by atoms with Crippen molar-refractivity contribution in [3.8, 4) is 5.75 Å². The van der Waals surface area contributed by atoms with Gasteiger partial charge in [0.1, 0.15) is 11.3 Å². The summed E-state index contributed by atoms with van der Waals surface area (Å²) < 4.78 is 5.96. The van der Waals surface area contributed by atoms with E-state index in [0.29, 0.717) is 18.1 Å². The normalized spacial score (nSPS) is 22.6. The van der Waals surface area contributed by atoms with E-state index >= 15 is 0 Å². The Labute approximate surface area is 196 Å². The fourth-order valence-electron chi connectivity index (χ4n) is 5.74. The molecular weight excluding hydrogens is 426 g/mol. The third-order valence-corrected chi connectivity index (χ3v) is 8.35. The number of likely N-dealkylation sites (N-methyl/N-ethyl adjacent to an activating group) is 1. The number of carbonyl (C=O) groups is 2. The third-order valence-electron chi connectivity index (χ3n) is 7.94. The van der Waals surface area contributed by atoms with Gasteiger partial charge in [0.2, 0.25) is 5.91 Å². The van der Waals surface area contributed by atoms with Gasteiger partial charge in [0.15, 0.2) is 6.61 Å². The Morgan fingerprint density at radius 1 is 1.16 bits per heavy atom. The number of aryl methyl sites for hydroxylation is 1. The zero-order valence-electron chi connectivity index (χ0n) is 19.8. The van der Waals surface area contributed by atoms with Gasteiger partial charge in [0, 0.05) is 31.0 Å². The van der Waals surface area contributed by atoms with E-state index in [2.05, 4.69) is 31.1 Å². The predicted octanol–water partition coefficient (Wildman–Crippen LogP) is 4.23. The molecule has 2 aliphatic heterocycles. The highest BCUT2D eigenvalue weighted by atomic mass is 35.5. The van der Waals surface area contributed by atoms with E-state index in [9.17, 15) is 9.59 Å². The summed E-state index contributed by atoms with van der Waals surface area (Å²) in [4.78, 5) is 30.1. The zero-order valence-corrected chi connectivity index (χ0v) is 20.6. The fourth-order valence-corrected chi connectivity index (χ4v) is 5.91. The van der Waals surface area contributed by atoms with Gasteiger partial charge in [-0.1, -0.05) is 44.7 Å². The lowest BCUT2D eigenvalue weighted by atomic mass is 9.80. The van der Waals surface area contributed by atoms with Crippen LogP contribution in [0, 0.1) is 6.92 Å². The van der Waals surface area contributed by atoms with Crippen LogP contribution in [-0.4, -0.2) is 59.6 Å². The lowest BCUT2D eigenvalue weighted by Gasteiger charge is -2.47. The molecule has 1 aliphatic carbocycles. The van der Waals surface area contributed by atoms with Crippen LogP contribution in [0.15, 0.2) is 12.1 Å². The standard InChI is InChI=1S/C25H36ClN3O3/c1-17(2)19-15-20(26)18(3)14-21(19)32-16-22(30)29-12-10-25(11-13-29)27-23(31)24(28(25)4)8-6-5-7-9-24/h14-15,17H,5-13,16H2,1-4H3,(H,27,31). The van der Waals surface area contributed by atoms with Gasteiger partial charge in [-0.15, -0.1) is 0 Å². The summed E-state index contributed by atoms with van der Waals surface area (Å²) in [6, 6.07) is 3.86. The topological polar surface area (TPSA) is 61.9 Å². The highest BCUT2D eigenvalue weighted by Gasteiger charge is 2.59. The predicted molar refractivity (Wildman–Crippen MR) is 126 cm³/mol. The van der Waals surface area contributed by atoms with Crippen LogP contribution in [0.4, 0.5) is 0 Å². The second-order valence-electron chi connectivity index (χ2n) is 10.1. The molecule has 4 rings (SSSR count). The molecule has 2 heterocycles. The van der Waals surface area contributed by atoms with Gasteiger partial charge in [-0.05, 0) is 56.0 Å². The SMILES string of the molecule is Cc1cc(OCC(=O)N2CCC3(CC2)NC(=O)C2(CCCCC2)N3C)c(C(C)C)cc1Cl. The molecule has 1 aromatic rings. The van der Waals surface area contributed by atoms with Crippen molar-refractivity contribution in [1.82, 2.24) is 15.1 Å². The minimum Gasteiger partial charge on any atom is -0.483 e. The van der Waals surface area contributed by atoms with Gasteiger partial charge in [0.05, 0.1) is 5.66 Å². The molecule has 3 fully saturated rings. The van der Waals surface area contributed by atoms with Crippen LogP contribution in [0.2, 0.25) is 5.02 Å². The molecule has 0 bridgehead atoms. The van der Waals surface area contributed by atoms with E-state index < -0.39 is 0 Å². The van der Waals surface area contributed by atoms with Crippen molar-refractivity contribution in [2.75, 3.05) is 26.7 Å². The number of hydrogen-bond donors (Lipinski definition) is 1.